The van der Waals surface area contributed by atoms with E-state index in [2.05, 4.69) is 10.2 Å². The second-order valence-corrected chi connectivity index (χ2v) is 7.48. The van der Waals surface area contributed by atoms with Crippen LogP contribution in [-0.4, -0.2) is 35.8 Å². The zero-order valence-electron chi connectivity index (χ0n) is 16.9. The smallest absolute Gasteiger partial charge is 0.256 e. The zero-order valence-corrected chi connectivity index (χ0v) is 16.9. The summed E-state index contributed by atoms with van der Waals surface area (Å²) in [5, 5.41) is 2.98. The highest BCUT2D eigenvalue weighted by Crippen LogP contribution is 2.30. The zero-order chi connectivity index (χ0) is 21.8. The molecule has 2 aromatic carbocycles. The molecule has 30 heavy (non-hydrogen) atoms. The molecule has 5 nitrogen and oxygen atoms in total. The Morgan fingerprint density at radius 1 is 1.13 bits per heavy atom. The maximum atomic E-state index is 13.9. The molecule has 2 atom stereocenters. The quantitative estimate of drug-likeness (QED) is 0.725. The van der Waals surface area contributed by atoms with Crippen LogP contribution >= 0.6 is 0 Å². The van der Waals surface area contributed by atoms with Crippen LogP contribution in [0.2, 0.25) is 0 Å². The molecule has 0 radical (unpaired) electrons. The predicted octanol–water partition coefficient (Wildman–Crippen LogP) is 4.70. The van der Waals surface area contributed by atoms with Crippen LogP contribution in [0.3, 0.4) is 0 Å². The fourth-order valence-corrected chi connectivity index (χ4v) is 3.78. The molecule has 3 rings (SSSR count). The summed E-state index contributed by atoms with van der Waals surface area (Å²) in [5.41, 5.74) is 0.694. The molecule has 1 aliphatic carbocycles. The molecule has 1 aliphatic rings. The van der Waals surface area contributed by atoms with E-state index in [9.17, 15) is 18.4 Å². The van der Waals surface area contributed by atoms with Crippen LogP contribution in [0, 0.1) is 18.2 Å². The summed E-state index contributed by atoms with van der Waals surface area (Å²) in [4.78, 5) is 29.0. The van der Waals surface area contributed by atoms with E-state index in [1.165, 1.54) is 0 Å². The number of nitrogens with one attached hydrogen (secondary N) is 1. The lowest BCUT2D eigenvalue weighted by atomic mass is 10.0. The molecular weight excluding hydrogens is 388 g/mol. The molecule has 0 bridgehead atoms. The van der Waals surface area contributed by atoms with Crippen LogP contribution in [-0.2, 0) is 4.79 Å². The van der Waals surface area contributed by atoms with Gasteiger partial charge in [-0.3, -0.25) is 9.59 Å². The molecule has 1 saturated carbocycles. The van der Waals surface area contributed by atoms with Crippen molar-refractivity contribution in [2.45, 2.75) is 44.7 Å². The first kappa shape index (κ1) is 21.4. The van der Waals surface area contributed by atoms with Gasteiger partial charge >= 0.3 is 0 Å². The molecule has 0 aliphatic heterocycles. The van der Waals surface area contributed by atoms with E-state index in [1.807, 2.05) is 6.92 Å². The number of benzene rings is 2. The van der Waals surface area contributed by atoms with Gasteiger partial charge in [-0.05, 0) is 54.7 Å². The van der Waals surface area contributed by atoms with E-state index in [0.29, 0.717) is 23.1 Å². The maximum absolute atomic E-state index is 13.9. The van der Waals surface area contributed by atoms with E-state index in [-0.39, 0.29) is 23.9 Å². The van der Waals surface area contributed by atoms with Crippen LogP contribution < -0.4 is 5.32 Å². The third kappa shape index (κ3) is 4.48. The minimum atomic E-state index is -0.911. The third-order valence-corrected chi connectivity index (χ3v) is 5.55. The number of carbonyl (C=O) groups is 2. The van der Waals surface area contributed by atoms with Crippen molar-refractivity contribution in [3.8, 4) is 11.1 Å². The standard InChI is InChI=1S/C23H23F2N3O2/c1-4-21(29)27-17-9-10-18(13-17)28(3)23(30)15-7-5-14(6-8-15)16-11-19(24)22(26-2)20(25)12-16/h5-8,11-12,17-18H,4,9-10,13H2,1,3H3,(H,27,29)/t17-,18+/m0/s1. The highest BCUT2D eigenvalue weighted by atomic mass is 19.1. The number of hydrogen-bond acceptors (Lipinski definition) is 2. The Morgan fingerprint density at radius 3 is 2.33 bits per heavy atom. The van der Waals surface area contributed by atoms with Gasteiger partial charge in [-0.1, -0.05) is 19.1 Å². The topological polar surface area (TPSA) is 53.8 Å². The van der Waals surface area contributed by atoms with Crippen molar-refractivity contribution in [3.63, 3.8) is 0 Å². The van der Waals surface area contributed by atoms with Gasteiger partial charge < -0.3 is 10.2 Å². The van der Waals surface area contributed by atoms with Crippen molar-refractivity contribution in [1.82, 2.24) is 10.2 Å². The SMILES string of the molecule is [C-]#[N+]c1c(F)cc(-c2ccc(C(=O)N(C)[C@@H]3CC[C@H](NC(=O)CC)C3)cc2)cc1F. The van der Waals surface area contributed by atoms with E-state index < -0.39 is 17.3 Å². The second-order valence-electron chi connectivity index (χ2n) is 7.48. The number of hydrogen-bond donors (Lipinski definition) is 1. The third-order valence-electron chi connectivity index (χ3n) is 5.55. The van der Waals surface area contributed by atoms with Crippen molar-refractivity contribution < 1.29 is 18.4 Å². The summed E-state index contributed by atoms with van der Waals surface area (Å²) in [6.45, 7) is 8.63. The summed E-state index contributed by atoms with van der Waals surface area (Å²) in [6, 6.07) is 8.87. The van der Waals surface area contributed by atoms with Gasteiger partial charge in [-0.25, -0.2) is 13.6 Å². The molecule has 156 valence electrons. The molecule has 1 N–H and O–H groups in total. The van der Waals surface area contributed by atoms with Crippen molar-refractivity contribution in [1.29, 1.82) is 0 Å². The molecule has 2 amide bonds. The molecule has 7 heteroatoms. The number of nitrogens with zero attached hydrogens (tertiary/aromatic N) is 2. The first-order chi connectivity index (χ1) is 14.3. The van der Waals surface area contributed by atoms with Crippen LogP contribution in [0.1, 0.15) is 43.0 Å². The Kier molecular flexibility index (Phi) is 6.46. The molecule has 0 aromatic heterocycles. The van der Waals surface area contributed by atoms with Crippen LogP contribution in [0.15, 0.2) is 36.4 Å². The predicted molar refractivity (Wildman–Crippen MR) is 110 cm³/mol. The normalized spacial score (nSPS) is 18.0. The van der Waals surface area contributed by atoms with Gasteiger partial charge in [0.15, 0.2) is 0 Å². The van der Waals surface area contributed by atoms with Gasteiger partial charge in [0.05, 0.1) is 6.57 Å². The molecule has 1 fully saturated rings. The highest BCUT2D eigenvalue weighted by molar-refractivity contribution is 5.94. The summed E-state index contributed by atoms with van der Waals surface area (Å²) in [7, 11) is 1.75. The fraction of sp³-hybridized carbons (Fsp3) is 0.348. The average molecular weight is 411 g/mol. The average Bonchev–Trinajstić information content (AvgIpc) is 3.20. The minimum Gasteiger partial charge on any atom is -0.353 e. The molecule has 0 unspecified atom stereocenters. The first-order valence-electron chi connectivity index (χ1n) is 9.87. The summed E-state index contributed by atoms with van der Waals surface area (Å²) >= 11 is 0. The summed E-state index contributed by atoms with van der Waals surface area (Å²) < 4.78 is 27.8. The van der Waals surface area contributed by atoms with E-state index in [4.69, 9.17) is 6.57 Å². The Bertz CT molecular complexity index is 975. The van der Waals surface area contributed by atoms with Crippen LogP contribution in [0.5, 0.6) is 0 Å². The monoisotopic (exact) mass is 411 g/mol. The Balaban J connectivity index is 1.70. The van der Waals surface area contributed by atoms with Crippen molar-refractivity contribution >= 4 is 17.5 Å². The molecule has 0 spiro atoms. The molecular formula is C23H23F2N3O2. The van der Waals surface area contributed by atoms with Gasteiger partial charge in [0.1, 0.15) is 11.6 Å². The minimum absolute atomic E-state index is 0.0162. The molecule has 0 heterocycles. The second kappa shape index (κ2) is 9.04. The summed E-state index contributed by atoms with van der Waals surface area (Å²) in [6.07, 6.45) is 2.82. The van der Waals surface area contributed by atoms with Gasteiger partial charge in [-0.15, -0.1) is 0 Å². The molecule has 0 saturated heterocycles. The summed E-state index contributed by atoms with van der Waals surface area (Å²) in [5.74, 6) is -1.95. The highest BCUT2D eigenvalue weighted by Gasteiger charge is 2.30. The van der Waals surface area contributed by atoms with Gasteiger partial charge in [0.2, 0.25) is 5.91 Å². The van der Waals surface area contributed by atoms with Crippen LogP contribution in [0.4, 0.5) is 14.5 Å². The first-order valence-corrected chi connectivity index (χ1v) is 9.87. The number of amides is 2. The largest absolute Gasteiger partial charge is 0.353 e. The molecule has 2 aromatic rings. The maximum Gasteiger partial charge on any atom is 0.256 e. The fourth-order valence-electron chi connectivity index (χ4n) is 3.78. The lowest BCUT2D eigenvalue weighted by Gasteiger charge is -2.25. The Labute approximate surface area is 174 Å². The Morgan fingerprint density at radius 2 is 1.77 bits per heavy atom. The number of carbonyl (C=O) groups excluding carboxylic acids is 2. The van der Waals surface area contributed by atoms with Gasteiger partial charge in [-0.2, -0.15) is 0 Å². The Hall–Kier alpha value is -3.27. The lowest BCUT2D eigenvalue weighted by Crippen LogP contribution is -2.38. The number of halogens is 2. The van der Waals surface area contributed by atoms with Crippen LogP contribution in [0.25, 0.3) is 16.0 Å². The van der Waals surface area contributed by atoms with E-state index in [0.717, 1.165) is 31.4 Å². The van der Waals surface area contributed by atoms with E-state index in [1.54, 1.807) is 36.2 Å². The lowest BCUT2D eigenvalue weighted by molar-refractivity contribution is -0.121. The van der Waals surface area contributed by atoms with Gasteiger partial charge in [0, 0.05) is 31.1 Å². The van der Waals surface area contributed by atoms with Crippen molar-refractivity contribution in [2.75, 3.05) is 7.05 Å². The van der Waals surface area contributed by atoms with Gasteiger partial charge in [0.25, 0.3) is 11.6 Å². The van der Waals surface area contributed by atoms with Crippen molar-refractivity contribution in [2.24, 2.45) is 0 Å². The van der Waals surface area contributed by atoms with E-state index >= 15 is 0 Å². The number of rotatable bonds is 5. The van der Waals surface area contributed by atoms with Crippen molar-refractivity contribution in [3.05, 3.63) is 65.0 Å².